The first-order chi connectivity index (χ1) is 13.0. The molecular formula is C22H26N2O3. The normalized spacial score (nSPS) is 27.6. The van der Waals surface area contributed by atoms with Gasteiger partial charge >= 0.3 is 6.03 Å². The summed E-state index contributed by atoms with van der Waals surface area (Å²) in [5.41, 5.74) is 1.16. The minimum atomic E-state index is -0.868. The lowest BCUT2D eigenvalue weighted by atomic mass is 9.75. The van der Waals surface area contributed by atoms with Crippen LogP contribution >= 0.6 is 0 Å². The minimum absolute atomic E-state index is 0.0229. The molecule has 2 amide bonds. The second-order valence-corrected chi connectivity index (χ2v) is 7.64. The van der Waals surface area contributed by atoms with Gasteiger partial charge in [0.25, 0.3) is 0 Å². The van der Waals surface area contributed by atoms with Gasteiger partial charge in [0.2, 0.25) is 0 Å². The molecule has 0 aromatic heterocycles. The molecule has 4 rings (SSSR count). The summed E-state index contributed by atoms with van der Waals surface area (Å²) < 4.78 is 5.21. The second kappa shape index (κ2) is 6.89. The highest BCUT2D eigenvalue weighted by Crippen LogP contribution is 2.43. The van der Waals surface area contributed by atoms with E-state index in [-0.39, 0.29) is 18.1 Å². The average Bonchev–Trinajstić information content (AvgIpc) is 2.93. The fraction of sp³-hybridized carbons (Fsp3) is 0.409. The topological polar surface area (TPSA) is 53.0 Å². The van der Waals surface area contributed by atoms with Crippen molar-refractivity contribution < 1.29 is 14.6 Å². The SMILES string of the molecule is COc1ccc(CN2C(=O)N(C)C3CC(O)(c4ccccc4)CCC32)cc1. The van der Waals surface area contributed by atoms with Crippen LogP contribution < -0.4 is 4.74 Å². The van der Waals surface area contributed by atoms with Crippen LogP contribution in [0.4, 0.5) is 4.79 Å². The zero-order chi connectivity index (χ0) is 19.0. The minimum Gasteiger partial charge on any atom is -0.497 e. The van der Waals surface area contributed by atoms with Crippen molar-refractivity contribution in [2.75, 3.05) is 14.2 Å². The summed E-state index contributed by atoms with van der Waals surface area (Å²) in [4.78, 5) is 16.7. The highest BCUT2D eigenvalue weighted by Gasteiger charge is 2.51. The number of amides is 2. The molecular weight excluding hydrogens is 340 g/mol. The molecule has 1 heterocycles. The van der Waals surface area contributed by atoms with Crippen LogP contribution in [0.1, 0.15) is 30.4 Å². The first-order valence-electron chi connectivity index (χ1n) is 9.46. The van der Waals surface area contributed by atoms with Crippen LogP contribution in [-0.4, -0.2) is 47.2 Å². The molecule has 3 unspecified atom stereocenters. The van der Waals surface area contributed by atoms with Gasteiger partial charge in [0.05, 0.1) is 24.8 Å². The molecule has 5 nitrogen and oxygen atoms in total. The van der Waals surface area contributed by atoms with Gasteiger partial charge < -0.3 is 19.6 Å². The van der Waals surface area contributed by atoms with Crippen LogP contribution in [0.5, 0.6) is 5.75 Å². The number of carbonyl (C=O) groups excluding carboxylic acids is 1. The van der Waals surface area contributed by atoms with Crippen LogP contribution in [0, 0.1) is 0 Å². The summed E-state index contributed by atoms with van der Waals surface area (Å²) in [6, 6.07) is 17.9. The quantitative estimate of drug-likeness (QED) is 0.903. The molecule has 2 aromatic rings. The van der Waals surface area contributed by atoms with Gasteiger partial charge in [-0.2, -0.15) is 0 Å². The molecule has 1 saturated heterocycles. The smallest absolute Gasteiger partial charge is 0.320 e. The molecule has 142 valence electrons. The Kier molecular flexibility index (Phi) is 4.56. The van der Waals surface area contributed by atoms with Crippen molar-refractivity contribution in [2.24, 2.45) is 0 Å². The number of carbonyl (C=O) groups is 1. The average molecular weight is 366 g/mol. The van der Waals surface area contributed by atoms with E-state index in [2.05, 4.69) is 0 Å². The number of methoxy groups -OCH3 is 1. The number of likely N-dealkylation sites (N-methyl/N-ethyl adjacent to an activating group) is 1. The molecule has 1 saturated carbocycles. The number of aliphatic hydroxyl groups is 1. The van der Waals surface area contributed by atoms with Gasteiger partial charge in [0.15, 0.2) is 0 Å². The number of fused-ring (bicyclic) bond motifs is 1. The third-order valence-electron chi connectivity index (χ3n) is 6.11. The summed E-state index contributed by atoms with van der Waals surface area (Å²) in [5.74, 6) is 0.812. The van der Waals surface area contributed by atoms with E-state index in [1.54, 1.807) is 12.0 Å². The van der Waals surface area contributed by atoms with Gasteiger partial charge in [-0.15, -0.1) is 0 Å². The van der Waals surface area contributed by atoms with Gasteiger partial charge in [-0.25, -0.2) is 4.79 Å². The van der Waals surface area contributed by atoms with Crippen molar-refractivity contribution in [3.63, 3.8) is 0 Å². The Balaban J connectivity index is 1.53. The first kappa shape index (κ1) is 17.9. The van der Waals surface area contributed by atoms with E-state index in [9.17, 15) is 9.90 Å². The highest BCUT2D eigenvalue weighted by atomic mass is 16.5. The summed E-state index contributed by atoms with van der Waals surface area (Å²) in [5, 5.41) is 11.3. The predicted molar refractivity (Wildman–Crippen MR) is 103 cm³/mol. The highest BCUT2D eigenvalue weighted by molar-refractivity contribution is 5.78. The molecule has 0 spiro atoms. The third-order valence-corrected chi connectivity index (χ3v) is 6.11. The van der Waals surface area contributed by atoms with Gasteiger partial charge in [0.1, 0.15) is 5.75 Å². The number of ether oxygens (including phenoxy) is 1. The Morgan fingerprint density at radius 2 is 1.81 bits per heavy atom. The number of urea groups is 1. The fourth-order valence-electron chi connectivity index (χ4n) is 4.53. The summed E-state index contributed by atoms with van der Waals surface area (Å²) >= 11 is 0. The predicted octanol–water partition coefficient (Wildman–Crippen LogP) is 3.37. The first-order valence-corrected chi connectivity index (χ1v) is 9.46. The van der Waals surface area contributed by atoms with Crippen LogP contribution in [0.2, 0.25) is 0 Å². The molecule has 0 radical (unpaired) electrons. The maximum absolute atomic E-state index is 12.9. The molecule has 2 aromatic carbocycles. The van der Waals surface area contributed by atoms with E-state index in [4.69, 9.17) is 4.74 Å². The van der Waals surface area contributed by atoms with Crippen molar-refractivity contribution in [3.8, 4) is 5.75 Å². The Hall–Kier alpha value is -2.53. The maximum atomic E-state index is 12.9. The van der Waals surface area contributed by atoms with Crippen LogP contribution in [0.15, 0.2) is 54.6 Å². The van der Waals surface area contributed by atoms with Crippen molar-refractivity contribution in [3.05, 3.63) is 65.7 Å². The lowest BCUT2D eigenvalue weighted by Crippen LogP contribution is -2.47. The van der Waals surface area contributed by atoms with E-state index < -0.39 is 5.60 Å². The molecule has 2 fully saturated rings. The van der Waals surface area contributed by atoms with Crippen molar-refractivity contribution in [1.82, 2.24) is 9.80 Å². The lowest BCUT2D eigenvalue weighted by Gasteiger charge is -2.41. The third kappa shape index (κ3) is 3.16. The molecule has 3 atom stereocenters. The zero-order valence-corrected chi connectivity index (χ0v) is 15.8. The van der Waals surface area contributed by atoms with Gasteiger partial charge in [0, 0.05) is 20.0 Å². The van der Waals surface area contributed by atoms with Gasteiger partial charge in [-0.1, -0.05) is 42.5 Å². The number of hydrogen-bond donors (Lipinski definition) is 1. The zero-order valence-electron chi connectivity index (χ0n) is 15.8. The second-order valence-electron chi connectivity index (χ2n) is 7.64. The molecule has 1 aliphatic heterocycles. The standard InChI is InChI=1S/C22H26N2O3/c1-23-20-14-22(26,17-6-4-3-5-7-17)13-12-19(20)24(21(23)25)15-16-8-10-18(27-2)11-9-16/h3-11,19-20,26H,12-15H2,1-2H3. The van der Waals surface area contributed by atoms with Crippen LogP contribution in [0.25, 0.3) is 0 Å². The Morgan fingerprint density at radius 1 is 1.11 bits per heavy atom. The van der Waals surface area contributed by atoms with E-state index in [1.807, 2.05) is 66.5 Å². The Bertz CT molecular complexity index is 808. The molecule has 5 heteroatoms. The van der Waals surface area contributed by atoms with Crippen LogP contribution in [0.3, 0.4) is 0 Å². The largest absolute Gasteiger partial charge is 0.497 e. The van der Waals surface area contributed by atoms with Gasteiger partial charge in [-0.05, 0) is 36.1 Å². The van der Waals surface area contributed by atoms with Crippen molar-refractivity contribution in [1.29, 1.82) is 0 Å². The van der Waals surface area contributed by atoms with Crippen molar-refractivity contribution in [2.45, 2.75) is 43.5 Å². The molecule has 0 bridgehead atoms. The van der Waals surface area contributed by atoms with Crippen molar-refractivity contribution >= 4 is 6.03 Å². The lowest BCUT2D eigenvalue weighted by molar-refractivity contribution is -0.0323. The number of benzene rings is 2. The summed E-state index contributed by atoms with van der Waals surface area (Å²) in [7, 11) is 3.50. The van der Waals surface area contributed by atoms with E-state index in [1.165, 1.54) is 0 Å². The van der Waals surface area contributed by atoms with Crippen LogP contribution in [-0.2, 0) is 12.1 Å². The maximum Gasteiger partial charge on any atom is 0.320 e. The summed E-state index contributed by atoms with van der Waals surface area (Å²) in [6.45, 7) is 0.581. The monoisotopic (exact) mass is 366 g/mol. The van der Waals surface area contributed by atoms with E-state index in [0.717, 1.165) is 23.3 Å². The molecule has 1 aliphatic carbocycles. The number of rotatable bonds is 4. The number of hydrogen-bond acceptors (Lipinski definition) is 3. The molecule has 2 aliphatic rings. The number of nitrogens with zero attached hydrogens (tertiary/aromatic N) is 2. The van der Waals surface area contributed by atoms with Gasteiger partial charge in [-0.3, -0.25) is 0 Å². The Morgan fingerprint density at radius 3 is 2.48 bits per heavy atom. The molecule has 1 N–H and O–H groups in total. The Labute approximate surface area is 160 Å². The summed E-state index contributed by atoms with van der Waals surface area (Å²) in [6.07, 6.45) is 2.03. The molecule has 27 heavy (non-hydrogen) atoms. The van der Waals surface area contributed by atoms with E-state index in [0.29, 0.717) is 19.4 Å². The van der Waals surface area contributed by atoms with E-state index >= 15 is 0 Å². The fourth-order valence-corrected chi connectivity index (χ4v) is 4.53.